The van der Waals surface area contributed by atoms with Crippen LogP contribution in [0.15, 0.2) is 24.3 Å². The van der Waals surface area contributed by atoms with E-state index < -0.39 is 9.84 Å². The van der Waals surface area contributed by atoms with E-state index in [1.54, 1.807) is 24.3 Å². The first-order valence-corrected chi connectivity index (χ1v) is 11.9. The van der Waals surface area contributed by atoms with E-state index in [1.807, 2.05) is 0 Å². The molecule has 5 rings (SSSR count). The molecule has 142 valence electrons. The molecule has 0 heterocycles. The highest BCUT2D eigenvalue weighted by atomic mass is 32.2. The zero-order valence-corrected chi connectivity index (χ0v) is 16.5. The van der Waals surface area contributed by atoms with Gasteiger partial charge in [-0.2, -0.15) is 0 Å². The van der Waals surface area contributed by atoms with E-state index in [4.69, 9.17) is 0 Å². The third-order valence-electron chi connectivity index (χ3n) is 6.97. The molecular formula is C21H29NO3S. The summed E-state index contributed by atoms with van der Waals surface area (Å²) >= 11 is 0. The molecule has 0 unspecified atom stereocenters. The van der Waals surface area contributed by atoms with Crippen molar-refractivity contribution < 1.29 is 13.2 Å². The molecular weight excluding hydrogens is 346 g/mol. The van der Waals surface area contributed by atoms with Crippen molar-refractivity contribution in [2.24, 2.45) is 23.2 Å². The van der Waals surface area contributed by atoms with Gasteiger partial charge in [0.2, 0.25) is 0 Å². The molecule has 1 amide bonds. The van der Waals surface area contributed by atoms with E-state index in [1.165, 1.54) is 44.8 Å². The van der Waals surface area contributed by atoms with E-state index in [2.05, 4.69) is 12.2 Å². The van der Waals surface area contributed by atoms with E-state index in [9.17, 15) is 13.2 Å². The first-order chi connectivity index (χ1) is 12.2. The van der Waals surface area contributed by atoms with Crippen molar-refractivity contribution in [3.05, 3.63) is 35.4 Å². The van der Waals surface area contributed by atoms with Crippen LogP contribution >= 0.6 is 0 Å². The molecule has 1 N–H and O–H groups in total. The van der Waals surface area contributed by atoms with Crippen molar-refractivity contribution in [3.63, 3.8) is 0 Å². The summed E-state index contributed by atoms with van der Waals surface area (Å²) in [4.78, 5) is 12.8. The van der Waals surface area contributed by atoms with E-state index in [-0.39, 0.29) is 23.1 Å². The molecule has 0 saturated heterocycles. The second kappa shape index (κ2) is 6.36. The lowest BCUT2D eigenvalue weighted by atomic mass is 9.48. The summed E-state index contributed by atoms with van der Waals surface area (Å²) in [5.74, 6) is 2.47. The molecule has 1 aromatic rings. The van der Waals surface area contributed by atoms with Gasteiger partial charge in [-0.05, 0) is 86.3 Å². The third-order valence-corrected chi connectivity index (χ3v) is 7.83. The quantitative estimate of drug-likeness (QED) is 0.856. The molecule has 0 aliphatic heterocycles. The Morgan fingerprint density at radius 2 is 1.73 bits per heavy atom. The molecule has 4 aliphatic rings. The number of amides is 1. The predicted molar refractivity (Wildman–Crippen MR) is 103 cm³/mol. The van der Waals surface area contributed by atoms with Crippen LogP contribution in [0.3, 0.4) is 0 Å². The molecule has 0 aromatic heterocycles. The van der Waals surface area contributed by atoms with Crippen molar-refractivity contribution in [3.8, 4) is 0 Å². The Bertz CT molecular complexity index is 779. The van der Waals surface area contributed by atoms with E-state index >= 15 is 0 Å². The van der Waals surface area contributed by atoms with Crippen molar-refractivity contribution >= 4 is 15.7 Å². The molecule has 4 fully saturated rings. The number of carbonyl (C=O) groups is 1. The van der Waals surface area contributed by atoms with Crippen LogP contribution in [0, 0.1) is 23.2 Å². The third kappa shape index (κ3) is 3.55. The Morgan fingerprint density at radius 3 is 2.27 bits per heavy atom. The molecule has 0 spiro atoms. The summed E-state index contributed by atoms with van der Waals surface area (Å²) in [5.41, 5.74) is 1.50. The molecule has 4 nitrogen and oxygen atoms in total. The van der Waals surface area contributed by atoms with Crippen LogP contribution < -0.4 is 5.32 Å². The minimum atomic E-state index is -3.11. The molecule has 1 atom stereocenters. The van der Waals surface area contributed by atoms with Crippen LogP contribution in [0.1, 0.15) is 61.4 Å². The highest BCUT2D eigenvalue weighted by Gasteiger charge is 2.53. The zero-order chi connectivity index (χ0) is 18.5. The number of rotatable bonds is 5. The highest BCUT2D eigenvalue weighted by Crippen LogP contribution is 2.61. The summed E-state index contributed by atoms with van der Waals surface area (Å²) in [6.45, 7) is 2.17. The fourth-order valence-electron chi connectivity index (χ4n) is 6.25. The maximum absolute atomic E-state index is 12.8. The maximum Gasteiger partial charge on any atom is 0.251 e. The SMILES string of the molecule is C[C@H](NC(=O)c1cccc(CS(C)(=O)=O)c1)C12CC3CC(CC(C3)C1)C2. The molecule has 5 heteroatoms. The first-order valence-electron chi connectivity index (χ1n) is 9.80. The Kier molecular flexibility index (Phi) is 4.41. The van der Waals surface area contributed by atoms with Crippen LogP contribution in [-0.4, -0.2) is 26.6 Å². The Morgan fingerprint density at radius 1 is 1.15 bits per heavy atom. The maximum atomic E-state index is 12.8. The molecule has 4 bridgehead atoms. The van der Waals surface area contributed by atoms with Crippen LogP contribution in [0.4, 0.5) is 0 Å². The molecule has 26 heavy (non-hydrogen) atoms. The normalized spacial score (nSPS) is 33.8. The summed E-state index contributed by atoms with van der Waals surface area (Å²) < 4.78 is 23.0. The number of benzene rings is 1. The van der Waals surface area contributed by atoms with Gasteiger partial charge in [-0.3, -0.25) is 4.79 Å². The first kappa shape index (κ1) is 18.0. The van der Waals surface area contributed by atoms with Gasteiger partial charge in [0.1, 0.15) is 0 Å². The topological polar surface area (TPSA) is 63.2 Å². The van der Waals surface area contributed by atoms with Gasteiger partial charge in [-0.1, -0.05) is 12.1 Å². The Labute approximate surface area is 156 Å². The lowest BCUT2D eigenvalue weighted by Crippen LogP contribution is -2.55. The zero-order valence-electron chi connectivity index (χ0n) is 15.7. The predicted octanol–water partition coefficient (Wildman–Crippen LogP) is 3.57. The fourth-order valence-corrected chi connectivity index (χ4v) is 7.03. The van der Waals surface area contributed by atoms with Gasteiger partial charge in [-0.15, -0.1) is 0 Å². The number of sulfone groups is 1. The number of nitrogens with one attached hydrogen (secondary N) is 1. The van der Waals surface area contributed by atoms with Crippen molar-refractivity contribution in [2.75, 3.05) is 6.26 Å². The van der Waals surface area contributed by atoms with Gasteiger partial charge in [0.05, 0.1) is 5.75 Å². The minimum Gasteiger partial charge on any atom is -0.349 e. The monoisotopic (exact) mass is 375 g/mol. The lowest BCUT2D eigenvalue weighted by Gasteiger charge is -2.59. The molecule has 1 aromatic carbocycles. The van der Waals surface area contributed by atoms with Crippen molar-refractivity contribution in [1.82, 2.24) is 5.32 Å². The van der Waals surface area contributed by atoms with Gasteiger partial charge in [0.15, 0.2) is 9.84 Å². The van der Waals surface area contributed by atoms with Crippen molar-refractivity contribution in [2.45, 2.75) is 57.2 Å². The molecule has 0 radical (unpaired) electrons. The summed E-state index contributed by atoms with van der Waals surface area (Å²) in [5, 5.41) is 3.25. The van der Waals surface area contributed by atoms with Gasteiger partial charge >= 0.3 is 0 Å². The average molecular weight is 376 g/mol. The lowest BCUT2D eigenvalue weighted by molar-refractivity contribution is -0.0688. The van der Waals surface area contributed by atoms with Gasteiger partial charge in [0, 0.05) is 17.9 Å². The Balaban J connectivity index is 1.47. The molecule has 4 aliphatic carbocycles. The summed E-state index contributed by atoms with van der Waals surface area (Å²) in [6, 6.07) is 7.18. The number of carbonyl (C=O) groups excluding carboxylic acids is 1. The van der Waals surface area contributed by atoms with Crippen LogP contribution in [0.2, 0.25) is 0 Å². The largest absolute Gasteiger partial charge is 0.349 e. The standard InChI is InChI=1S/C21H29NO3S/c1-14(21-10-16-6-17(11-21)8-18(7-16)12-21)22-20(23)19-5-3-4-15(9-19)13-26(2,24)25/h3-5,9,14,16-18H,6-8,10-13H2,1-2H3,(H,22,23)/t14-,16?,17?,18?,21?/m0/s1. The second-order valence-corrected chi connectivity index (χ2v) is 11.4. The van der Waals surface area contributed by atoms with Gasteiger partial charge in [0.25, 0.3) is 5.91 Å². The van der Waals surface area contributed by atoms with Crippen molar-refractivity contribution in [1.29, 1.82) is 0 Å². The van der Waals surface area contributed by atoms with Crippen LogP contribution in [0.25, 0.3) is 0 Å². The average Bonchev–Trinajstić information content (AvgIpc) is 2.52. The van der Waals surface area contributed by atoms with E-state index in [0.717, 1.165) is 17.8 Å². The van der Waals surface area contributed by atoms with Gasteiger partial charge < -0.3 is 5.32 Å². The number of hydrogen-bond donors (Lipinski definition) is 1. The van der Waals surface area contributed by atoms with Crippen LogP contribution in [0.5, 0.6) is 0 Å². The Hall–Kier alpha value is -1.36. The molecule has 4 saturated carbocycles. The van der Waals surface area contributed by atoms with Crippen LogP contribution in [-0.2, 0) is 15.6 Å². The second-order valence-electron chi connectivity index (χ2n) is 9.25. The number of hydrogen-bond acceptors (Lipinski definition) is 3. The smallest absolute Gasteiger partial charge is 0.251 e. The van der Waals surface area contributed by atoms with Gasteiger partial charge in [-0.25, -0.2) is 8.42 Å². The summed E-state index contributed by atoms with van der Waals surface area (Å²) in [7, 11) is -3.11. The fraction of sp³-hybridized carbons (Fsp3) is 0.667. The minimum absolute atomic E-state index is 0.0291. The summed E-state index contributed by atoms with van der Waals surface area (Å²) in [6.07, 6.45) is 9.18. The highest BCUT2D eigenvalue weighted by molar-refractivity contribution is 7.89. The van der Waals surface area contributed by atoms with E-state index in [0.29, 0.717) is 11.1 Å².